The van der Waals surface area contributed by atoms with E-state index in [4.69, 9.17) is 4.74 Å². The summed E-state index contributed by atoms with van der Waals surface area (Å²) >= 11 is 0. The third-order valence-corrected chi connectivity index (χ3v) is 3.62. The van der Waals surface area contributed by atoms with Gasteiger partial charge in [0.05, 0.1) is 6.10 Å². The number of hydrogen-bond donors (Lipinski definition) is 1. The second-order valence-electron chi connectivity index (χ2n) is 5.61. The Hall–Kier alpha value is -1.55. The summed E-state index contributed by atoms with van der Waals surface area (Å²) in [5, 5.41) is 9.71. The van der Waals surface area contributed by atoms with Crippen molar-refractivity contribution < 1.29 is 14.6 Å². The van der Waals surface area contributed by atoms with E-state index >= 15 is 0 Å². The molecule has 0 bridgehead atoms. The zero-order chi connectivity index (χ0) is 13.9. The van der Waals surface area contributed by atoms with Gasteiger partial charge in [0.15, 0.2) is 6.61 Å². The maximum absolute atomic E-state index is 12.2. The standard InChI is InChI=1S/C15H21NO3/c1-15(2)9-8-12(17)10-16(15)14(18)11-19-13-6-4-3-5-7-13/h3-7,12,17H,8-11H2,1-2H3. The summed E-state index contributed by atoms with van der Waals surface area (Å²) in [6.07, 6.45) is 1.13. The molecule has 0 aromatic heterocycles. The number of nitrogens with zero attached hydrogens (tertiary/aromatic N) is 1. The molecule has 1 N–H and O–H groups in total. The van der Waals surface area contributed by atoms with Gasteiger partial charge in [-0.1, -0.05) is 18.2 Å². The summed E-state index contributed by atoms with van der Waals surface area (Å²) in [5.41, 5.74) is -0.212. The molecular formula is C15H21NO3. The first-order chi connectivity index (χ1) is 8.99. The Morgan fingerprint density at radius 1 is 1.42 bits per heavy atom. The monoisotopic (exact) mass is 263 g/mol. The van der Waals surface area contributed by atoms with E-state index in [1.54, 1.807) is 4.90 Å². The molecule has 0 saturated carbocycles. The van der Waals surface area contributed by atoms with Crippen molar-refractivity contribution in [2.75, 3.05) is 13.2 Å². The summed E-state index contributed by atoms with van der Waals surface area (Å²) in [6.45, 7) is 4.46. The molecule has 1 atom stereocenters. The molecule has 1 aromatic carbocycles. The first kappa shape index (κ1) is 13.9. The smallest absolute Gasteiger partial charge is 0.261 e. The molecule has 4 heteroatoms. The minimum Gasteiger partial charge on any atom is -0.484 e. The van der Waals surface area contributed by atoms with Crippen molar-refractivity contribution in [1.82, 2.24) is 4.90 Å². The number of ether oxygens (including phenoxy) is 1. The number of amides is 1. The van der Waals surface area contributed by atoms with Crippen LogP contribution in [0.2, 0.25) is 0 Å². The second kappa shape index (κ2) is 5.61. The molecule has 4 nitrogen and oxygen atoms in total. The van der Waals surface area contributed by atoms with Gasteiger partial charge in [0.1, 0.15) is 5.75 Å². The number of benzene rings is 1. The maximum atomic E-state index is 12.2. The Morgan fingerprint density at radius 3 is 2.79 bits per heavy atom. The highest BCUT2D eigenvalue weighted by Crippen LogP contribution is 2.27. The predicted octanol–water partition coefficient (Wildman–Crippen LogP) is 1.83. The van der Waals surface area contributed by atoms with Crippen molar-refractivity contribution >= 4 is 5.91 Å². The molecular weight excluding hydrogens is 242 g/mol. The molecule has 0 aliphatic carbocycles. The predicted molar refractivity (Wildman–Crippen MR) is 73.0 cm³/mol. The van der Waals surface area contributed by atoms with Crippen LogP contribution >= 0.6 is 0 Å². The molecule has 0 spiro atoms. The van der Waals surface area contributed by atoms with Gasteiger partial charge in [0.25, 0.3) is 5.91 Å². The third-order valence-electron chi connectivity index (χ3n) is 3.62. The van der Waals surface area contributed by atoms with Crippen LogP contribution < -0.4 is 4.74 Å². The van der Waals surface area contributed by atoms with E-state index in [2.05, 4.69) is 0 Å². The lowest BCUT2D eigenvalue weighted by Gasteiger charge is -2.44. The van der Waals surface area contributed by atoms with Crippen LogP contribution in [0.1, 0.15) is 26.7 Å². The van der Waals surface area contributed by atoms with Crippen molar-refractivity contribution in [1.29, 1.82) is 0 Å². The number of carbonyl (C=O) groups is 1. The summed E-state index contributed by atoms with van der Waals surface area (Å²) in [6, 6.07) is 9.29. The van der Waals surface area contributed by atoms with Crippen molar-refractivity contribution in [3.05, 3.63) is 30.3 Å². The molecule has 1 aromatic rings. The summed E-state index contributed by atoms with van der Waals surface area (Å²) in [4.78, 5) is 13.9. The van der Waals surface area contributed by atoms with Crippen LogP contribution in [-0.2, 0) is 4.79 Å². The Morgan fingerprint density at radius 2 is 2.11 bits per heavy atom. The summed E-state index contributed by atoms with van der Waals surface area (Å²) in [7, 11) is 0. The lowest BCUT2D eigenvalue weighted by Crippen LogP contribution is -2.55. The fourth-order valence-corrected chi connectivity index (χ4v) is 2.38. The zero-order valence-electron chi connectivity index (χ0n) is 11.5. The molecule has 1 saturated heterocycles. The van der Waals surface area contributed by atoms with Crippen LogP contribution in [0.15, 0.2) is 30.3 Å². The van der Waals surface area contributed by atoms with Crippen molar-refractivity contribution in [3.8, 4) is 5.75 Å². The van der Waals surface area contributed by atoms with Gasteiger partial charge in [-0.3, -0.25) is 4.79 Å². The molecule has 1 heterocycles. The fourth-order valence-electron chi connectivity index (χ4n) is 2.38. The van der Waals surface area contributed by atoms with Gasteiger partial charge in [-0.15, -0.1) is 0 Å². The largest absolute Gasteiger partial charge is 0.484 e. The van der Waals surface area contributed by atoms with E-state index in [0.717, 1.165) is 12.8 Å². The van der Waals surface area contributed by atoms with Crippen LogP contribution in [0.5, 0.6) is 5.75 Å². The number of aliphatic hydroxyl groups excluding tert-OH is 1. The Bertz CT molecular complexity index is 430. The van der Waals surface area contributed by atoms with Gasteiger partial charge < -0.3 is 14.7 Å². The van der Waals surface area contributed by atoms with E-state index in [9.17, 15) is 9.90 Å². The van der Waals surface area contributed by atoms with E-state index < -0.39 is 6.10 Å². The van der Waals surface area contributed by atoms with Crippen molar-refractivity contribution in [3.63, 3.8) is 0 Å². The van der Waals surface area contributed by atoms with Gasteiger partial charge in [-0.05, 0) is 38.8 Å². The van der Waals surface area contributed by atoms with E-state index in [-0.39, 0.29) is 18.1 Å². The number of aliphatic hydroxyl groups is 1. The number of β-amino-alcohol motifs (C(OH)–C–C–N with tert-alkyl or cyclic N) is 1. The maximum Gasteiger partial charge on any atom is 0.261 e. The third kappa shape index (κ3) is 3.47. The minimum absolute atomic E-state index is 0.0141. The molecule has 1 aliphatic heterocycles. The average molecular weight is 263 g/mol. The van der Waals surface area contributed by atoms with Crippen LogP contribution in [0.4, 0.5) is 0 Å². The van der Waals surface area contributed by atoms with Gasteiger partial charge in [0, 0.05) is 12.1 Å². The number of rotatable bonds is 3. The highest BCUT2D eigenvalue weighted by atomic mass is 16.5. The molecule has 0 radical (unpaired) electrons. The first-order valence-corrected chi connectivity index (χ1v) is 6.65. The lowest BCUT2D eigenvalue weighted by atomic mass is 9.89. The number of carbonyl (C=O) groups excluding carboxylic acids is 1. The van der Waals surface area contributed by atoms with Crippen LogP contribution in [0.25, 0.3) is 0 Å². The quantitative estimate of drug-likeness (QED) is 0.905. The Labute approximate surface area is 114 Å². The molecule has 19 heavy (non-hydrogen) atoms. The van der Waals surface area contributed by atoms with Gasteiger partial charge in [-0.2, -0.15) is 0 Å². The van der Waals surface area contributed by atoms with E-state index in [0.29, 0.717) is 12.3 Å². The highest BCUT2D eigenvalue weighted by molar-refractivity contribution is 5.78. The Balaban J connectivity index is 1.95. The molecule has 1 fully saturated rings. The molecule has 2 rings (SSSR count). The Kier molecular flexibility index (Phi) is 4.10. The topological polar surface area (TPSA) is 49.8 Å². The summed E-state index contributed by atoms with van der Waals surface area (Å²) < 4.78 is 5.48. The van der Waals surface area contributed by atoms with Crippen LogP contribution in [0.3, 0.4) is 0 Å². The highest BCUT2D eigenvalue weighted by Gasteiger charge is 2.36. The van der Waals surface area contributed by atoms with Gasteiger partial charge in [0.2, 0.25) is 0 Å². The SMILES string of the molecule is CC1(C)CCC(O)CN1C(=O)COc1ccccc1. The normalized spacial score (nSPS) is 22.1. The number of para-hydroxylation sites is 1. The van der Waals surface area contributed by atoms with Crippen molar-refractivity contribution in [2.45, 2.75) is 38.3 Å². The molecule has 1 amide bonds. The second-order valence-corrected chi connectivity index (χ2v) is 5.61. The molecule has 104 valence electrons. The fraction of sp³-hybridized carbons (Fsp3) is 0.533. The molecule has 1 aliphatic rings. The van der Waals surface area contributed by atoms with Crippen LogP contribution in [0, 0.1) is 0 Å². The first-order valence-electron chi connectivity index (χ1n) is 6.65. The molecule has 1 unspecified atom stereocenters. The van der Waals surface area contributed by atoms with E-state index in [1.807, 2.05) is 44.2 Å². The van der Waals surface area contributed by atoms with Crippen LogP contribution in [-0.4, -0.2) is 40.7 Å². The van der Waals surface area contributed by atoms with Crippen molar-refractivity contribution in [2.24, 2.45) is 0 Å². The van der Waals surface area contributed by atoms with Gasteiger partial charge >= 0.3 is 0 Å². The number of piperidine rings is 1. The average Bonchev–Trinajstić information content (AvgIpc) is 2.40. The number of hydrogen-bond acceptors (Lipinski definition) is 3. The van der Waals surface area contributed by atoms with E-state index in [1.165, 1.54) is 0 Å². The zero-order valence-corrected chi connectivity index (χ0v) is 11.5. The number of likely N-dealkylation sites (tertiary alicyclic amines) is 1. The summed E-state index contributed by atoms with van der Waals surface area (Å²) in [5.74, 6) is 0.610. The minimum atomic E-state index is -0.422. The van der Waals surface area contributed by atoms with Gasteiger partial charge in [-0.25, -0.2) is 0 Å². The lowest BCUT2D eigenvalue weighted by molar-refractivity contribution is -0.144.